The first-order valence-electron chi connectivity index (χ1n) is 6.57. The van der Waals surface area contributed by atoms with Crippen molar-refractivity contribution in [2.75, 3.05) is 12.3 Å². The molecule has 5 nitrogen and oxygen atoms in total. The largest absolute Gasteiger partial charge is 0.390 e. The van der Waals surface area contributed by atoms with E-state index in [9.17, 15) is 0 Å². The van der Waals surface area contributed by atoms with Crippen molar-refractivity contribution in [3.05, 3.63) is 17.3 Å². The van der Waals surface area contributed by atoms with E-state index in [4.69, 9.17) is 15.0 Å². The molecule has 0 amide bonds. The average Bonchev–Trinajstić information content (AvgIpc) is 3.08. The van der Waals surface area contributed by atoms with Gasteiger partial charge in [-0.1, -0.05) is 5.16 Å². The predicted octanol–water partition coefficient (Wildman–Crippen LogP) is 3.19. The van der Waals surface area contributed by atoms with Gasteiger partial charge in [0, 0.05) is 6.61 Å². The third kappa shape index (κ3) is 2.15. The first kappa shape index (κ1) is 12.6. The van der Waals surface area contributed by atoms with Gasteiger partial charge in [-0.3, -0.25) is 0 Å². The summed E-state index contributed by atoms with van der Waals surface area (Å²) in [7, 11) is 0. The van der Waals surface area contributed by atoms with Crippen LogP contribution >= 0.6 is 11.3 Å². The molecule has 2 heterocycles. The van der Waals surface area contributed by atoms with Crippen LogP contribution in [0.1, 0.15) is 38.4 Å². The Hall–Kier alpha value is -1.40. The Kier molecular flexibility index (Phi) is 3.28. The number of ether oxygens (including phenoxy) is 1. The Bertz CT molecular complexity index is 558. The molecule has 6 heteroatoms. The maximum atomic E-state index is 5.92. The number of anilines is 1. The second-order valence-corrected chi connectivity index (χ2v) is 5.70. The van der Waals surface area contributed by atoms with Gasteiger partial charge in [0.05, 0.1) is 10.6 Å². The lowest BCUT2D eigenvalue weighted by Crippen LogP contribution is -2.27. The molecule has 0 bridgehead atoms. The van der Waals surface area contributed by atoms with E-state index in [0.29, 0.717) is 23.3 Å². The summed E-state index contributed by atoms with van der Waals surface area (Å²) in [5.74, 6) is 1.15. The van der Waals surface area contributed by atoms with E-state index in [1.807, 2.05) is 18.4 Å². The molecule has 2 aromatic rings. The Morgan fingerprint density at radius 3 is 2.89 bits per heavy atom. The summed E-state index contributed by atoms with van der Waals surface area (Å²) >= 11 is 1.47. The molecule has 102 valence electrons. The fourth-order valence-corrected chi connectivity index (χ4v) is 3.30. The smallest absolute Gasteiger partial charge is 0.261 e. The number of hydrogen-bond donors (Lipinski definition) is 1. The summed E-state index contributed by atoms with van der Waals surface area (Å²) < 4.78 is 11.3. The van der Waals surface area contributed by atoms with E-state index in [-0.39, 0.29) is 5.60 Å². The number of nitrogens with two attached hydrogens (primary N) is 1. The Morgan fingerprint density at radius 1 is 1.47 bits per heavy atom. The van der Waals surface area contributed by atoms with Gasteiger partial charge < -0.3 is 15.0 Å². The maximum absolute atomic E-state index is 5.92. The maximum Gasteiger partial charge on any atom is 0.261 e. The molecular formula is C13H17N3O2S. The van der Waals surface area contributed by atoms with E-state index in [2.05, 4.69) is 10.1 Å². The van der Waals surface area contributed by atoms with Crippen LogP contribution in [0, 0.1) is 0 Å². The number of thiophene rings is 1. The second-order valence-electron chi connectivity index (χ2n) is 4.76. The van der Waals surface area contributed by atoms with Crippen molar-refractivity contribution in [2.24, 2.45) is 0 Å². The van der Waals surface area contributed by atoms with E-state index < -0.39 is 0 Å². The van der Waals surface area contributed by atoms with Crippen LogP contribution in [0.2, 0.25) is 0 Å². The highest BCUT2D eigenvalue weighted by atomic mass is 32.1. The minimum Gasteiger partial charge on any atom is -0.390 e. The third-order valence-corrected chi connectivity index (χ3v) is 4.34. The molecule has 0 radical (unpaired) electrons. The molecule has 1 saturated carbocycles. The zero-order chi connectivity index (χ0) is 13.3. The van der Waals surface area contributed by atoms with Crippen LogP contribution in [0.5, 0.6) is 0 Å². The standard InChI is InChI=1S/C13H17N3O2S/c1-2-17-13(6-3-4-7-13)12-15-11(18-16-12)9-5-8-19-10(9)14/h5,8H,2-4,6-7,14H2,1H3. The van der Waals surface area contributed by atoms with E-state index in [1.54, 1.807) is 0 Å². The first-order chi connectivity index (χ1) is 9.25. The van der Waals surface area contributed by atoms with Crippen molar-refractivity contribution in [1.29, 1.82) is 0 Å². The van der Waals surface area contributed by atoms with Crippen molar-refractivity contribution >= 4 is 16.3 Å². The van der Waals surface area contributed by atoms with Gasteiger partial charge in [0.25, 0.3) is 5.89 Å². The molecule has 1 aliphatic carbocycles. The minimum absolute atomic E-state index is 0.360. The molecule has 0 atom stereocenters. The number of nitrogen functional groups attached to an aromatic ring is 1. The molecule has 2 aromatic heterocycles. The zero-order valence-electron chi connectivity index (χ0n) is 10.9. The van der Waals surface area contributed by atoms with Gasteiger partial charge in [-0.25, -0.2) is 0 Å². The van der Waals surface area contributed by atoms with Crippen LogP contribution in [0.25, 0.3) is 11.5 Å². The van der Waals surface area contributed by atoms with Gasteiger partial charge in [-0.05, 0) is 44.1 Å². The molecule has 1 fully saturated rings. The fraction of sp³-hybridized carbons (Fsp3) is 0.538. The quantitative estimate of drug-likeness (QED) is 0.930. The first-order valence-corrected chi connectivity index (χ1v) is 7.44. The van der Waals surface area contributed by atoms with Gasteiger partial charge in [0.15, 0.2) is 0 Å². The van der Waals surface area contributed by atoms with Crippen molar-refractivity contribution in [3.63, 3.8) is 0 Å². The van der Waals surface area contributed by atoms with Crippen molar-refractivity contribution in [1.82, 2.24) is 10.1 Å². The average molecular weight is 279 g/mol. The molecule has 1 aliphatic rings. The molecule has 0 saturated heterocycles. The van der Waals surface area contributed by atoms with Crippen LogP contribution in [-0.2, 0) is 10.3 Å². The highest BCUT2D eigenvalue weighted by Crippen LogP contribution is 2.41. The van der Waals surface area contributed by atoms with Gasteiger partial charge in [-0.15, -0.1) is 11.3 Å². The summed E-state index contributed by atoms with van der Waals surface area (Å²) in [4.78, 5) is 4.51. The molecule has 19 heavy (non-hydrogen) atoms. The summed E-state index contributed by atoms with van der Waals surface area (Å²) in [5.41, 5.74) is 6.34. The van der Waals surface area contributed by atoms with Crippen LogP contribution < -0.4 is 5.73 Å². The van der Waals surface area contributed by atoms with Crippen LogP contribution in [0.4, 0.5) is 5.00 Å². The summed E-state index contributed by atoms with van der Waals surface area (Å²) in [6, 6.07) is 1.90. The molecule has 0 unspecified atom stereocenters. The van der Waals surface area contributed by atoms with Crippen LogP contribution in [0.3, 0.4) is 0 Å². The zero-order valence-corrected chi connectivity index (χ0v) is 11.7. The Morgan fingerprint density at radius 2 is 2.26 bits per heavy atom. The molecular weight excluding hydrogens is 262 g/mol. The lowest BCUT2D eigenvalue weighted by Gasteiger charge is -2.24. The van der Waals surface area contributed by atoms with Crippen LogP contribution in [0.15, 0.2) is 16.0 Å². The van der Waals surface area contributed by atoms with Crippen LogP contribution in [-0.4, -0.2) is 16.7 Å². The summed E-state index contributed by atoms with van der Waals surface area (Å²) in [5, 5.41) is 6.74. The number of nitrogens with zero attached hydrogens (tertiary/aromatic N) is 2. The van der Waals surface area contributed by atoms with Gasteiger partial charge >= 0.3 is 0 Å². The van der Waals surface area contributed by atoms with Crippen molar-refractivity contribution < 1.29 is 9.26 Å². The SMILES string of the molecule is CCOC1(c2noc(-c3ccsc3N)n2)CCCC1. The second kappa shape index (κ2) is 4.94. The summed E-state index contributed by atoms with van der Waals surface area (Å²) in [6.07, 6.45) is 4.20. The van der Waals surface area contributed by atoms with Crippen molar-refractivity contribution in [2.45, 2.75) is 38.2 Å². The Labute approximate surface area is 115 Å². The molecule has 3 rings (SSSR count). The van der Waals surface area contributed by atoms with E-state index in [0.717, 1.165) is 31.2 Å². The third-order valence-electron chi connectivity index (χ3n) is 3.59. The molecule has 2 N–H and O–H groups in total. The number of aromatic nitrogens is 2. The highest BCUT2D eigenvalue weighted by Gasteiger charge is 2.41. The molecule has 0 aliphatic heterocycles. The topological polar surface area (TPSA) is 74.2 Å². The lowest BCUT2D eigenvalue weighted by atomic mass is 10.0. The lowest BCUT2D eigenvalue weighted by molar-refractivity contribution is -0.0469. The molecule has 0 aromatic carbocycles. The Balaban J connectivity index is 1.94. The monoisotopic (exact) mass is 279 g/mol. The summed E-state index contributed by atoms with van der Waals surface area (Å²) in [6.45, 7) is 2.66. The van der Waals surface area contributed by atoms with Gasteiger partial charge in [0.2, 0.25) is 5.82 Å². The number of hydrogen-bond acceptors (Lipinski definition) is 6. The fourth-order valence-electron chi connectivity index (χ4n) is 2.67. The molecule has 0 spiro atoms. The van der Waals surface area contributed by atoms with Gasteiger partial charge in [-0.2, -0.15) is 4.98 Å². The van der Waals surface area contributed by atoms with E-state index >= 15 is 0 Å². The number of rotatable bonds is 4. The minimum atomic E-state index is -0.360. The highest BCUT2D eigenvalue weighted by molar-refractivity contribution is 7.14. The van der Waals surface area contributed by atoms with Gasteiger partial charge in [0.1, 0.15) is 5.60 Å². The van der Waals surface area contributed by atoms with E-state index in [1.165, 1.54) is 11.3 Å². The van der Waals surface area contributed by atoms with Crippen molar-refractivity contribution in [3.8, 4) is 11.5 Å². The normalized spacial score (nSPS) is 17.9. The predicted molar refractivity (Wildman–Crippen MR) is 73.8 cm³/mol.